The molecule has 5 nitrogen and oxygen atoms in total. The van der Waals surface area contributed by atoms with E-state index in [0.717, 1.165) is 28.3 Å². The third-order valence-corrected chi connectivity index (χ3v) is 4.45. The van der Waals surface area contributed by atoms with E-state index in [2.05, 4.69) is 60.3 Å². The fourth-order valence-corrected chi connectivity index (χ4v) is 3.18. The first kappa shape index (κ1) is 19.2. The highest BCUT2D eigenvalue weighted by Gasteiger charge is 2.04. The molecule has 0 fully saturated rings. The summed E-state index contributed by atoms with van der Waals surface area (Å²) < 4.78 is 3.05. The lowest BCUT2D eigenvalue weighted by Crippen LogP contribution is -2.36. The Morgan fingerprint density at radius 2 is 2.17 bits per heavy atom. The number of hydrogen-bond donors (Lipinski definition) is 2. The minimum Gasteiger partial charge on any atom is -0.357 e. The van der Waals surface area contributed by atoms with E-state index in [1.54, 1.807) is 11.3 Å². The minimum absolute atomic E-state index is 0. The van der Waals surface area contributed by atoms with Gasteiger partial charge in [-0.2, -0.15) is 11.3 Å². The second-order valence-electron chi connectivity index (χ2n) is 5.03. The highest BCUT2D eigenvalue weighted by molar-refractivity contribution is 14.0. The van der Waals surface area contributed by atoms with Gasteiger partial charge >= 0.3 is 0 Å². The Kier molecular flexibility index (Phi) is 7.50. The molecule has 2 N–H and O–H groups in total. The molecule has 0 atom stereocenters. The van der Waals surface area contributed by atoms with Gasteiger partial charge in [-0.25, -0.2) is 9.98 Å². The molecule has 0 saturated heterocycles. The van der Waals surface area contributed by atoms with Crippen LogP contribution in [0.3, 0.4) is 0 Å². The SMILES string of the molecule is CCNC(=NCc1ccsc1)NCc1cn2cc(Br)ccc2n1.I. The van der Waals surface area contributed by atoms with Gasteiger partial charge in [-0.3, -0.25) is 0 Å². The summed E-state index contributed by atoms with van der Waals surface area (Å²) in [6, 6.07) is 6.08. The Balaban J connectivity index is 0.00000208. The van der Waals surface area contributed by atoms with Crippen LogP contribution in [0.1, 0.15) is 18.2 Å². The van der Waals surface area contributed by atoms with Crippen molar-refractivity contribution in [3.8, 4) is 0 Å². The zero-order chi connectivity index (χ0) is 16.1. The van der Waals surface area contributed by atoms with Gasteiger partial charge in [0.25, 0.3) is 0 Å². The van der Waals surface area contributed by atoms with E-state index in [1.165, 1.54) is 5.56 Å². The lowest BCUT2D eigenvalue weighted by molar-refractivity contribution is 0.804. The number of halogens is 2. The van der Waals surface area contributed by atoms with E-state index in [4.69, 9.17) is 0 Å². The second kappa shape index (κ2) is 9.38. The van der Waals surface area contributed by atoms with Gasteiger partial charge in [-0.15, -0.1) is 24.0 Å². The van der Waals surface area contributed by atoms with Crippen LogP contribution in [0.2, 0.25) is 0 Å². The molecule has 0 saturated carbocycles. The van der Waals surface area contributed by atoms with Crippen LogP contribution < -0.4 is 10.6 Å². The van der Waals surface area contributed by atoms with Crippen LogP contribution in [0.25, 0.3) is 5.65 Å². The number of guanidine groups is 1. The first-order valence-electron chi connectivity index (χ1n) is 7.41. The maximum Gasteiger partial charge on any atom is 0.191 e. The molecule has 0 aromatic carbocycles. The maximum absolute atomic E-state index is 4.60. The summed E-state index contributed by atoms with van der Waals surface area (Å²) in [6.07, 6.45) is 4.03. The van der Waals surface area contributed by atoms with Gasteiger partial charge in [0.05, 0.1) is 18.8 Å². The number of nitrogens with zero attached hydrogens (tertiary/aromatic N) is 3. The number of aromatic nitrogens is 2. The predicted molar refractivity (Wildman–Crippen MR) is 114 cm³/mol. The maximum atomic E-state index is 4.60. The van der Waals surface area contributed by atoms with Crippen molar-refractivity contribution in [2.45, 2.75) is 20.0 Å². The number of pyridine rings is 1. The van der Waals surface area contributed by atoms with Crippen LogP contribution in [0, 0.1) is 0 Å². The van der Waals surface area contributed by atoms with Gasteiger partial charge < -0.3 is 15.0 Å². The number of rotatable bonds is 5. The molecule has 0 amide bonds. The Morgan fingerprint density at radius 1 is 1.29 bits per heavy atom. The Hall–Kier alpha value is -1.13. The van der Waals surface area contributed by atoms with E-state index < -0.39 is 0 Å². The van der Waals surface area contributed by atoms with Gasteiger partial charge in [-0.05, 0) is 57.4 Å². The van der Waals surface area contributed by atoms with Crippen molar-refractivity contribution in [2.75, 3.05) is 6.54 Å². The van der Waals surface area contributed by atoms with Crippen LogP contribution >= 0.6 is 51.2 Å². The van der Waals surface area contributed by atoms with Crippen molar-refractivity contribution in [1.82, 2.24) is 20.0 Å². The van der Waals surface area contributed by atoms with Crippen LogP contribution in [0.4, 0.5) is 0 Å². The fraction of sp³-hybridized carbons (Fsp3) is 0.250. The monoisotopic (exact) mass is 519 g/mol. The van der Waals surface area contributed by atoms with Gasteiger partial charge in [0.15, 0.2) is 5.96 Å². The van der Waals surface area contributed by atoms with Crippen LogP contribution in [0.15, 0.2) is 50.8 Å². The fourth-order valence-electron chi connectivity index (χ4n) is 2.17. The van der Waals surface area contributed by atoms with E-state index in [-0.39, 0.29) is 24.0 Å². The summed E-state index contributed by atoms with van der Waals surface area (Å²) in [5.41, 5.74) is 3.14. The summed E-state index contributed by atoms with van der Waals surface area (Å²) in [6.45, 7) is 4.20. The van der Waals surface area contributed by atoms with Crippen molar-refractivity contribution in [3.63, 3.8) is 0 Å². The third kappa shape index (κ3) is 5.18. The molecule has 0 bridgehead atoms. The highest BCUT2D eigenvalue weighted by Crippen LogP contribution is 2.12. The quantitative estimate of drug-likeness (QED) is 0.304. The highest BCUT2D eigenvalue weighted by atomic mass is 127. The topological polar surface area (TPSA) is 53.7 Å². The summed E-state index contributed by atoms with van der Waals surface area (Å²) in [5.74, 6) is 0.803. The standard InChI is InChI=1S/C16H18BrN5S.HI/c1-2-18-16(19-7-12-5-6-23-11-12)20-8-14-10-22-9-13(17)3-4-15(22)21-14;/h3-6,9-11H,2,7-8H2,1H3,(H2,18,19,20);1H. The molecular weight excluding hydrogens is 501 g/mol. The number of fused-ring (bicyclic) bond motifs is 1. The second-order valence-corrected chi connectivity index (χ2v) is 6.72. The molecule has 3 heterocycles. The molecule has 0 aliphatic carbocycles. The normalized spacial score (nSPS) is 11.3. The molecule has 0 aliphatic rings. The van der Waals surface area contributed by atoms with Gasteiger partial charge in [-0.1, -0.05) is 0 Å². The number of thiophene rings is 1. The summed E-state index contributed by atoms with van der Waals surface area (Å²) >= 11 is 5.16. The zero-order valence-electron chi connectivity index (χ0n) is 13.2. The molecule has 0 unspecified atom stereocenters. The molecule has 0 spiro atoms. The average Bonchev–Trinajstić information content (AvgIpc) is 3.18. The smallest absolute Gasteiger partial charge is 0.191 e. The average molecular weight is 520 g/mol. The first-order chi connectivity index (χ1) is 11.2. The lowest BCUT2D eigenvalue weighted by Gasteiger charge is -2.09. The number of aliphatic imine (C=N–C) groups is 1. The van der Waals surface area contributed by atoms with Crippen molar-refractivity contribution in [1.29, 1.82) is 0 Å². The van der Waals surface area contributed by atoms with Crippen LogP contribution in [0.5, 0.6) is 0 Å². The van der Waals surface area contributed by atoms with Crippen LogP contribution in [-0.4, -0.2) is 21.9 Å². The molecule has 128 valence electrons. The summed E-state index contributed by atoms with van der Waals surface area (Å²) in [5, 5.41) is 10.8. The predicted octanol–water partition coefficient (Wildman–Crippen LogP) is 4.03. The van der Waals surface area contributed by atoms with E-state index in [0.29, 0.717) is 13.1 Å². The molecule has 0 aliphatic heterocycles. The van der Waals surface area contributed by atoms with Gasteiger partial charge in [0.1, 0.15) is 5.65 Å². The Bertz CT molecular complexity index is 800. The molecule has 24 heavy (non-hydrogen) atoms. The Morgan fingerprint density at radius 3 is 2.92 bits per heavy atom. The van der Waals surface area contributed by atoms with E-state index in [1.807, 2.05) is 28.9 Å². The third-order valence-electron chi connectivity index (χ3n) is 3.25. The number of nitrogens with one attached hydrogen (secondary N) is 2. The van der Waals surface area contributed by atoms with E-state index in [9.17, 15) is 0 Å². The van der Waals surface area contributed by atoms with Crippen molar-refractivity contribution < 1.29 is 0 Å². The molecule has 8 heteroatoms. The van der Waals surface area contributed by atoms with Crippen LogP contribution in [-0.2, 0) is 13.1 Å². The van der Waals surface area contributed by atoms with E-state index >= 15 is 0 Å². The summed E-state index contributed by atoms with van der Waals surface area (Å²) in [7, 11) is 0. The molecule has 3 aromatic rings. The van der Waals surface area contributed by atoms with Crippen molar-refractivity contribution >= 4 is 62.9 Å². The number of imidazole rings is 1. The van der Waals surface area contributed by atoms with Crippen molar-refractivity contribution in [2.24, 2.45) is 4.99 Å². The molecule has 0 radical (unpaired) electrons. The van der Waals surface area contributed by atoms with Gasteiger partial charge in [0.2, 0.25) is 0 Å². The van der Waals surface area contributed by atoms with Gasteiger partial charge in [0, 0.05) is 23.4 Å². The zero-order valence-corrected chi connectivity index (χ0v) is 17.9. The summed E-state index contributed by atoms with van der Waals surface area (Å²) in [4.78, 5) is 9.19. The minimum atomic E-state index is 0. The number of hydrogen-bond acceptors (Lipinski definition) is 3. The molecule has 3 rings (SSSR count). The Labute approximate surface area is 170 Å². The van der Waals surface area contributed by atoms with Crippen molar-refractivity contribution in [3.05, 3.63) is 57.1 Å². The molecule has 3 aromatic heterocycles. The molecular formula is C16H19BrIN5S. The lowest BCUT2D eigenvalue weighted by atomic mass is 10.3. The largest absolute Gasteiger partial charge is 0.357 e. The first-order valence-corrected chi connectivity index (χ1v) is 9.14.